The van der Waals surface area contributed by atoms with Crippen molar-refractivity contribution in [3.8, 4) is 6.07 Å². The SMILES string of the molecule is CCNc1nc(Nc2cn(C3CC[C@H](C#N)C3)nc2C2CC2)ncc1C(F)(F)F. The summed E-state index contributed by atoms with van der Waals surface area (Å²) < 4.78 is 41.4. The monoisotopic (exact) mass is 405 g/mol. The third-order valence-corrected chi connectivity index (χ3v) is 5.37. The Balaban J connectivity index is 1.60. The number of alkyl halides is 3. The molecular formula is C19H22F3N7. The van der Waals surface area contributed by atoms with Crippen molar-refractivity contribution in [2.24, 2.45) is 5.92 Å². The molecule has 2 fully saturated rings. The first-order valence-corrected chi connectivity index (χ1v) is 9.82. The second-order valence-corrected chi connectivity index (χ2v) is 7.58. The highest BCUT2D eigenvalue weighted by atomic mass is 19.4. The summed E-state index contributed by atoms with van der Waals surface area (Å²) in [6.07, 6.45) is 2.72. The molecule has 0 bridgehead atoms. The molecule has 0 saturated heterocycles. The van der Waals surface area contributed by atoms with Crippen molar-refractivity contribution in [3.05, 3.63) is 23.7 Å². The van der Waals surface area contributed by atoms with Gasteiger partial charge in [0.25, 0.3) is 0 Å². The number of nitrogens with one attached hydrogen (secondary N) is 2. The van der Waals surface area contributed by atoms with Crippen molar-refractivity contribution in [1.82, 2.24) is 19.7 Å². The molecule has 0 spiro atoms. The molecule has 2 N–H and O–H groups in total. The normalized spacial score (nSPS) is 21.8. The topological polar surface area (TPSA) is 91.5 Å². The van der Waals surface area contributed by atoms with E-state index in [1.807, 2.05) is 10.9 Å². The average molecular weight is 405 g/mol. The zero-order valence-corrected chi connectivity index (χ0v) is 16.0. The average Bonchev–Trinajstić information content (AvgIpc) is 3.25. The number of nitrogens with zero attached hydrogens (tertiary/aromatic N) is 5. The molecule has 7 nitrogen and oxygen atoms in total. The summed E-state index contributed by atoms with van der Waals surface area (Å²) in [6.45, 7) is 2.02. The summed E-state index contributed by atoms with van der Waals surface area (Å²) in [4.78, 5) is 7.92. The first-order chi connectivity index (χ1) is 13.9. The number of hydrogen-bond donors (Lipinski definition) is 2. The molecule has 2 aliphatic carbocycles. The van der Waals surface area contributed by atoms with Gasteiger partial charge >= 0.3 is 6.18 Å². The summed E-state index contributed by atoms with van der Waals surface area (Å²) in [5, 5.41) is 19.6. The summed E-state index contributed by atoms with van der Waals surface area (Å²) in [5.74, 6) is 0.239. The van der Waals surface area contributed by atoms with Gasteiger partial charge in [-0.25, -0.2) is 4.98 Å². The molecule has 29 heavy (non-hydrogen) atoms. The van der Waals surface area contributed by atoms with Gasteiger partial charge in [-0.2, -0.15) is 28.5 Å². The number of aromatic nitrogens is 4. The van der Waals surface area contributed by atoms with Gasteiger partial charge < -0.3 is 10.6 Å². The smallest absolute Gasteiger partial charge is 0.370 e. The van der Waals surface area contributed by atoms with Crippen LogP contribution in [0.25, 0.3) is 0 Å². The summed E-state index contributed by atoms with van der Waals surface area (Å²) in [7, 11) is 0. The Morgan fingerprint density at radius 3 is 2.69 bits per heavy atom. The molecule has 0 amide bonds. The Bertz CT molecular complexity index is 927. The maximum absolute atomic E-state index is 13.2. The molecule has 154 valence electrons. The lowest BCUT2D eigenvalue weighted by molar-refractivity contribution is -0.137. The fourth-order valence-electron chi connectivity index (χ4n) is 3.73. The van der Waals surface area contributed by atoms with E-state index in [-0.39, 0.29) is 23.7 Å². The minimum absolute atomic E-state index is 0.0471. The van der Waals surface area contributed by atoms with Gasteiger partial charge in [0.1, 0.15) is 11.4 Å². The minimum atomic E-state index is -4.53. The largest absolute Gasteiger partial charge is 0.421 e. The van der Waals surface area contributed by atoms with E-state index in [0.29, 0.717) is 12.5 Å². The third-order valence-electron chi connectivity index (χ3n) is 5.37. The zero-order valence-electron chi connectivity index (χ0n) is 16.0. The number of nitriles is 1. The number of halogens is 3. The van der Waals surface area contributed by atoms with Gasteiger partial charge in [0.2, 0.25) is 5.95 Å². The van der Waals surface area contributed by atoms with Crippen molar-refractivity contribution in [2.75, 3.05) is 17.2 Å². The Hall–Kier alpha value is -2.83. The van der Waals surface area contributed by atoms with Crippen LogP contribution in [-0.2, 0) is 6.18 Å². The van der Waals surface area contributed by atoms with E-state index in [0.717, 1.165) is 49.7 Å². The van der Waals surface area contributed by atoms with Crippen LogP contribution >= 0.6 is 0 Å². The van der Waals surface area contributed by atoms with Gasteiger partial charge in [-0.1, -0.05) is 0 Å². The van der Waals surface area contributed by atoms with Gasteiger partial charge in [0, 0.05) is 30.8 Å². The van der Waals surface area contributed by atoms with Gasteiger partial charge in [-0.05, 0) is 39.0 Å². The summed E-state index contributed by atoms with van der Waals surface area (Å²) in [6, 6.07) is 2.49. The van der Waals surface area contributed by atoms with Crippen molar-refractivity contribution in [3.63, 3.8) is 0 Å². The Morgan fingerprint density at radius 2 is 2.07 bits per heavy atom. The van der Waals surface area contributed by atoms with Crippen LogP contribution in [-0.4, -0.2) is 26.3 Å². The van der Waals surface area contributed by atoms with Crippen molar-refractivity contribution < 1.29 is 13.2 Å². The first kappa shape index (κ1) is 19.5. The Labute approximate surface area is 166 Å². The summed E-state index contributed by atoms with van der Waals surface area (Å²) in [5.41, 5.74) is 0.713. The molecular weight excluding hydrogens is 383 g/mol. The molecule has 2 aromatic rings. The highest BCUT2D eigenvalue weighted by Gasteiger charge is 2.36. The quantitative estimate of drug-likeness (QED) is 0.729. The van der Waals surface area contributed by atoms with Gasteiger partial charge in [0.05, 0.1) is 23.5 Å². The Kier molecular flexibility index (Phi) is 5.06. The lowest BCUT2D eigenvalue weighted by Crippen LogP contribution is -2.14. The van der Waals surface area contributed by atoms with Crippen molar-refractivity contribution in [2.45, 2.75) is 57.2 Å². The molecule has 2 saturated carbocycles. The van der Waals surface area contributed by atoms with E-state index in [1.54, 1.807) is 6.92 Å². The van der Waals surface area contributed by atoms with Crippen LogP contribution in [0.2, 0.25) is 0 Å². The predicted molar refractivity (Wildman–Crippen MR) is 101 cm³/mol. The second-order valence-electron chi connectivity index (χ2n) is 7.58. The Morgan fingerprint density at radius 1 is 1.28 bits per heavy atom. The molecule has 1 unspecified atom stereocenters. The highest BCUT2D eigenvalue weighted by Crippen LogP contribution is 2.44. The number of hydrogen-bond acceptors (Lipinski definition) is 6. The van der Waals surface area contributed by atoms with E-state index in [1.165, 1.54) is 0 Å². The lowest BCUT2D eigenvalue weighted by Gasteiger charge is -2.13. The minimum Gasteiger partial charge on any atom is -0.370 e. The van der Waals surface area contributed by atoms with E-state index in [2.05, 4.69) is 26.7 Å². The van der Waals surface area contributed by atoms with Crippen molar-refractivity contribution >= 4 is 17.5 Å². The van der Waals surface area contributed by atoms with Gasteiger partial charge in [-0.3, -0.25) is 4.68 Å². The molecule has 2 atom stereocenters. The molecule has 2 heterocycles. The molecule has 2 aliphatic rings. The van der Waals surface area contributed by atoms with Crippen LogP contribution in [0.15, 0.2) is 12.4 Å². The third kappa shape index (κ3) is 4.13. The van der Waals surface area contributed by atoms with Crippen LogP contribution in [0.4, 0.5) is 30.6 Å². The maximum Gasteiger partial charge on any atom is 0.421 e. The zero-order chi connectivity index (χ0) is 20.6. The number of anilines is 3. The molecule has 0 radical (unpaired) electrons. The van der Waals surface area contributed by atoms with Crippen LogP contribution < -0.4 is 10.6 Å². The fraction of sp³-hybridized carbons (Fsp3) is 0.579. The molecule has 4 rings (SSSR count). The second kappa shape index (κ2) is 7.54. The molecule has 0 aromatic carbocycles. The van der Waals surface area contributed by atoms with Crippen LogP contribution in [0.1, 0.15) is 62.2 Å². The van der Waals surface area contributed by atoms with Gasteiger partial charge in [-0.15, -0.1) is 0 Å². The highest BCUT2D eigenvalue weighted by molar-refractivity contribution is 5.59. The predicted octanol–water partition coefficient (Wildman–Crippen LogP) is 4.61. The van der Waals surface area contributed by atoms with Crippen LogP contribution in [0, 0.1) is 17.2 Å². The molecule has 10 heteroatoms. The summed E-state index contributed by atoms with van der Waals surface area (Å²) >= 11 is 0. The molecule has 0 aliphatic heterocycles. The van der Waals surface area contributed by atoms with Crippen molar-refractivity contribution in [1.29, 1.82) is 5.26 Å². The van der Waals surface area contributed by atoms with Crippen LogP contribution in [0.3, 0.4) is 0 Å². The van der Waals surface area contributed by atoms with Crippen LogP contribution in [0.5, 0.6) is 0 Å². The fourth-order valence-corrected chi connectivity index (χ4v) is 3.73. The molecule has 2 aromatic heterocycles. The number of rotatable bonds is 6. The van der Waals surface area contributed by atoms with E-state index < -0.39 is 11.7 Å². The maximum atomic E-state index is 13.2. The van der Waals surface area contributed by atoms with Gasteiger partial charge in [0.15, 0.2) is 0 Å². The standard InChI is InChI=1S/C19H22F3N7/c1-2-24-17-14(19(20,21)22)9-25-18(27-17)26-15-10-29(28-16(15)12-4-5-12)13-6-3-11(7-13)8-23/h9-13H,2-7H2,1H3,(H2,24,25,26,27)/t11-,13?/m0/s1. The lowest BCUT2D eigenvalue weighted by atomic mass is 10.1. The van der Waals surface area contributed by atoms with E-state index in [4.69, 9.17) is 10.4 Å². The van der Waals surface area contributed by atoms with E-state index >= 15 is 0 Å². The first-order valence-electron chi connectivity index (χ1n) is 9.82. The van der Waals surface area contributed by atoms with E-state index in [9.17, 15) is 13.2 Å².